The highest BCUT2D eigenvalue weighted by molar-refractivity contribution is 5.94. The van der Waals surface area contributed by atoms with Crippen LogP contribution in [0, 0.1) is 6.92 Å². The quantitative estimate of drug-likeness (QED) is 0.736. The summed E-state index contributed by atoms with van der Waals surface area (Å²) in [6.45, 7) is 2.79. The number of rotatable bonds is 3. The summed E-state index contributed by atoms with van der Waals surface area (Å²) in [6, 6.07) is 8.51. The number of aromatic nitrogens is 4. The van der Waals surface area contributed by atoms with Crippen molar-refractivity contribution in [2.45, 2.75) is 19.8 Å². The lowest BCUT2D eigenvalue weighted by atomic mass is 10.2. The van der Waals surface area contributed by atoms with E-state index in [0.29, 0.717) is 30.2 Å². The molecule has 4 heterocycles. The molecule has 0 bridgehead atoms. The number of primary amides is 1. The zero-order valence-corrected chi connectivity index (χ0v) is 16.0. The highest BCUT2D eigenvalue weighted by atomic mass is 16.2. The average Bonchev–Trinajstić information content (AvgIpc) is 3.20. The van der Waals surface area contributed by atoms with E-state index < -0.39 is 6.03 Å². The van der Waals surface area contributed by atoms with Gasteiger partial charge in [-0.3, -0.25) is 14.8 Å². The Morgan fingerprint density at radius 3 is 2.52 bits per heavy atom. The van der Waals surface area contributed by atoms with Crippen molar-refractivity contribution in [2.75, 3.05) is 13.1 Å². The SMILES string of the molecule is Cc1ccc(-c2cc(C(=O)N3CCCCN3C(N)=O)nn2-c2cccnc2)nc1. The molecule has 29 heavy (non-hydrogen) atoms. The first-order valence-corrected chi connectivity index (χ1v) is 9.37. The Bertz CT molecular complexity index is 1030. The van der Waals surface area contributed by atoms with E-state index >= 15 is 0 Å². The van der Waals surface area contributed by atoms with E-state index in [4.69, 9.17) is 5.73 Å². The average molecular weight is 391 g/mol. The summed E-state index contributed by atoms with van der Waals surface area (Å²) in [5.74, 6) is -0.375. The summed E-state index contributed by atoms with van der Waals surface area (Å²) in [5, 5.41) is 7.16. The van der Waals surface area contributed by atoms with Crippen LogP contribution in [0.25, 0.3) is 17.1 Å². The summed E-state index contributed by atoms with van der Waals surface area (Å²) >= 11 is 0. The van der Waals surface area contributed by atoms with Crippen molar-refractivity contribution >= 4 is 11.9 Å². The molecule has 2 N–H and O–H groups in total. The number of nitrogens with zero attached hydrogens (tertiary/aromatic N) is 6. The van der Waals surface area contributed by atoms with Crippen LogP contribution < -0.4 is 5.73 Å². The number of carbonyl (C=O) groups is 2. The van der Waals surface area contributed by atoms with Gasteiger partial charge in [0, 0.05) is 25.5 Å². The molecule has 0 atom stereocenters. The van der Waals surface area contributed by atoms with Crippen LogP contribution in [0.1, 0.15) is 28.9 Å². The molecule has 4 rings (SSSR count). The highest BCUT2D eigenvalue weighted by Gasteiger charge is 2.30. The molecule has 0 aliphatic carbocycles. The zero-order valence-electron chi connectivity index (χ0n) is 16.0. The highest BCUT2D eigenvalue weighted by Crippen LogP contribution is 2.24. The summed E-state index contributed by atoms with van der Waals surface area (Å²) in [6.07, 6.45) is 6.69. The van der Waals surface area contributed by atoms with Gasteiger partial charge in [0.05, 0.1) is 23.3 Å². The zero-order chi connectivity index (χ0) is 20.4. The van der Waals surface area contributed by atoms with Crippen LogP contribution in [0.15, 0.2) is 48.9 Å². The standard InChI is InChI=1S/C20H21N7O2/c1-14-6-7-16(23-12-14)18-11-17(24-27(18)15-5-4-8-22-13-15)19(28)25-9-2-3-10-26(25)20(21)29/h4-8,11-13H,2-3,9-10H2,1H3,(H2,21,29). The number of carbonyl (C=O) groups excluding carboxylic acids is 2. The van der Waals surface area contributed by atoms with Crippen molar-refractivity contribution in [1.29, 1.82) is 0 Å². The molecule has 1 saturated heterocycles. The van der Waals surface area contributed by atoms with Gasteiger partial charge in [0.1, 0.15) is 0 Å². The van der Waals surface area contributed by atoms with Gasteiger partial charge in [0.2, 0.25) is 0 Å². The number of pyridine rings is 2. The number of hydrogen-bond acceptors (Lipinski definition) is 5. The third-order valence-corrected chi connectivity index (χ3v) is 4.76. The van der Waals surface area contributed by atoms with Crippen LogP contribution >= 0.6 is 0 Å². The van der Waals surface area contributed by atoms with Crippen molar-refractivity contribution in [3.05, 3.63) is 60.2 Å². The Hall–Kier alpha value is -3.75. The fourth-order valence-electron chi connectivity index (χ4n) is 3.30. The van der Waals surface area contributed by atoms with Gasteiger partial charge in [-0.15, -0.1) is 0 Å². The third kappa shape index (κ3) is 3.66. The second kappa shape index (κ2) is 7.70. The van der Waals surface area contributed by atoms with Crippen LogP contribution in [0.5, 0.6) is 0 Å². The summed E-state index contributed by atoms with van der Waals surface area (Å²) in [4.78, 5) is 33.5. The number of urea groups is 1. The minimum atomic E-state index is -0.648. The molecule has 1 aliphatic rings. The van der Waals surface area contributed by atoms with Gasteiger partial charge in [0.25, 0.3) is 5.91 Å². The third-order valence-electron chi connectivity index (χ3n) is 4.76. The van der Waals surface area contributed by atoms with Gasteiger partial charge in [0.15, 0.2) is 5.69 Å². The number of aryl methyl sites for hydroxylation is 1. The lowest BCUT2D eigenvalue weighted by molar-refractivity contribution is 0.000107. The molecule has 1 aliphatic heterocycles. The minimum absolute atomic E-state index is 0.208. The van der Waals surface area contributed by atoms with Crippen molar-refractivity contribution in [3.8, 4) is 17.1 Å². The van der Waals surface area contributed by atoms with Crippen LogP contribution in [0.4, 0.5) is 4.79 Å². The predicted molar refractivity (Wildman–Crippen MR) is 106 cm³/mol. The maximum absolute atomic E-state index is 13.2. The second-order valence-corrected chi connectivity index (χ2v) is 6.86. The Kier molecular flexibility index (Phi) is 4.94. The van der Waals surface area contributed by atoms with Gasteiger partial charge in [-0.2, -0.15) is 5.10 Å². The molecular formula is C20H21N7O2. The maximum atomic E-state index is 13.2. The van der Waals surface area contributed by atoms with Gasteiger partial charge in [-0.1, -0.05) is 6.07 Å². The van der Waals surface area contributed by atoms with Gasteiger partial charge < -0.3 is 5.73 Å². The number of amides is 3. The Labute approximate surface area is 167 Å². The van der Waals surface area contributed by atoms with E-state index in [1.807, 2.05) is 25.1 Å². The molecule has 148 valence electrons. The lowest BCUT2D eigenvalue weighted by Gasteiger charge is -2.36. The van der Waals surface area contributed by atoms with Crippen molar-refractivity contribution in [2.24, 2.45) is 5.73 Å². The topological polar surface area (TPSA) is 110 Å². The second-order valence-electron chi connectivity index (χ2n) is 6.86. The number of nitrogens with two attached hydrogens (primary N) is 1. The van der Waals surface area contributed by atoms with E-state index in [9.17, 15) is 9.59 Å². The van der Waals surface area contributed by atoms with E-state index in [2.05, 4.69) is 15.1 Å². The fraction of sp³-hybridized carbons (Fsp3) is 0.250. The van der Waals surface area contributed by atoms with Gasteiger partial charge >= 0.3 is 6.03 Å². The van der Waals surface area contributed by atoms with Crippen LogP contribution in [-0.2, 0) is 0 Å². The fourth-order valence-corrected chi connectivity index (χ4v) is 3.30. The molecule has 9 nitrogen and oxygen atoms in total. The van der Waals surface area contributed by atoms with Crippen molar-refractivity contribution < 1.29 is 9.59 Å². The first-order valence-electron chi connectivity index (χ1n) is 9.37. The molecular weight excluding hydrogens is 370 g/mol. The largest absolute Gasteiger partial charge is 0.350 e. The molecule has 0 unspecified atom stereocenters. The van der Waals surface area contributed by atoms with E-state index in [0.717, 1.165) is 18.4 Å². The summed E-state index contributed by atoms with van der Waals surface area (Å²) < 4.78 is 1.64. The molecule has 3 aromatic rings. The summed E-state index contributed by atoms with van der Waals surface area (Å²) in [5.41, 5.74) is 8.73. The van der Waals surface area contributed by atoms with Gasteiger partial charge in [-0.25, -0.2) is 19.5 Å². The molecule has 0 radical (unpaired) electrons. The lowest BCUT2D eigenvalue weighted by Crippen LogP contribution is -2.55. The number of hydrogen-bond donors (Lipinski definition) is 1. The van der Waals surface area contributed by atoms with Crippen molar-refractivity contribution in [3.63, 3.8) is 0 Å². The van der Waals surface area contributed by atoms with Crippen molar-refractivity contribution in [1.82, 2.24) is 29.8 Å². The Balaban J connectivity index is 1.77. The molecule has 9 heteroatoms. The normalized spacial score (nSPS) is 14.1. The minimum Gasteiger partial charge on any atom is -0.350 e. The van der Waals surface area contributed by atoms with Crippen LogP contribution in [0.3, 0.4) is 0 Å². The molecule has 0 aromatic carbocycles. The first-order chi connectivity index (χ1) is 14.0. The van der Waals surface area contributed by atoms with Crippen LogP contribution in [-0.4, -0.2) is 54.8 Å². The molecule has 3 amide bonds. The first kappa shape index (κ1) is 18.6. The van der Waals surface area contributed by atoms with E-state index in [-0.39, 0.29) is 11.6 Å². The molecule has 0 spiro atoms. The monoisotopic (exact) mass is 391 g/mol. The molecule has 0 saturated carbocycles. The van der Waals surface area contributed by atoms with E-state index in [1.54, 1.807) is 35.4 Å². The maximum Gasteiger partial charge on any atom is 0.333 e. The van der Waals surface area contributed by atoms with Crippen LogP contribution in [0.2, 0.25) is 0 Å². The molecule has 3 aromatic heterocycles. The Morgan fingerprint density at radius 1 is 1.07 bits per heavy atom. The Morgan fingerprint density at radius 2 is 1.86 bits per heavy atom. The smallest absolute Gasteiger partial charge is 0.333 e. The molecule has 1 fully saturated rings. The number of hydrazine groups is 1. The predicted octanol–water partition coefficient (Wildman–Crippen LogP) is 2.17. The summed E-state index contributed by atoms with van der Waals surface area (Å²) in [7, 11) is 0. The van der Waals surface area contributed by atoms with E-state index in [1.165, 1.54) is 10.0 Å². The van der Waals surface area contributed by atoms with Gasteiger partial charge in [-0.05, 0) is 49.6 Å².